The molecule has 0 radical (unpaired) electrons. The molecule has 0 spiro atoms. The van der Waals surface area contributed by atoms with E-state index in [0.717, 1.165) is 57.7 Å². The van der Waals surface area contributed by atoms with Crippen molar-refractivity contribution < 1.29 is 9.53 Å². The normalized spacial score (nSPS) is 19.8. The molecule has 4 rings (SSSR count). The average molecular weight is 449 g/mol. The molecule has 2 aliphatic rings. The molecule has 0 amide bonds. The maximum atomic E-state index is 13.8. The van der Waals surface area contributed by atoms with E-state index in [1.165, 1.54) is 30.5 Å². The van der Waals surface area contributed by atoms with Gasteiger partial charge in [0.2, 0.25) is 0 Å². The van der Waals surface area contributed by atoms with Crippen LogP contribution in [0, 0.1) is 5.92 Å². The minimum Gasteiger partial charge on any atom is -0.492 e. The second-order valence-electron chi connectivity index (χ2n) is 9.88. The summed E-state index contributed by atoms with van der Waals surface area (Å²) in [7, 11) is 0. The number of anilines is 1. The first-order valence-corrected chi connectivity index (χ1v) is 12.9. The van der Waals surface area contributed by atoms with Gasteiger partial charge < -0.3 is 9.64 Å². The summed E-state index contributed by atoms with van der Waals surface area (Å²) in [4.78, 5) is 18.8. The molecular weight excluding hydrogens is 408 g/mol. The minimum absolute atomic E-state index is 0.232. The predicted octanol–water partition coefficient (Wildman–Crippen LogP) is 5.70. The number of ketones is 1. The highest BCUT2D eigenvalue weighted by Gasteiger charge is 2.39. The van der Waals surface area contributed by atoms with Crippen LogP contribution in [0.3, 0.4) is 0 Å². The fourth-order valence-corrected chi connectivity index (χ4v) is 5.62. The summed E-state index contributed by atoms with van der Waals surface area (Å²) in [6.45, 7) is 9.90. The second kappa shape index (κ2) is 11.2. The van der Waals surface area contributed by atoms with Crippen LogP contribution < -0.4 is 9.64 Å². The van der Waals surface area contributed by atoms with Gasteiger partial charge in [0.1, 0.15) is 11.5 Å². The molecule has 1 atom stereocenters. The van der Waals surface area contributed by atoms with E-state index < -0.39 is 5.41 Å². The van der Waals surface area contributed by atoms with E-state index in [2.05, 4.69) is 59.2 Å². The number of rotatable bonds is 9. The Morgan fingerprint density at radius 3 is 2.30 bits per heavy atom. The van der Waals surface area contributed by atoms with Crippen LogP contribution in [0.2, 0.25) is 0 Å². The van der Waals surface area contributed by atoms with Gasteiger partial charge in [0.15, 0.2) is 0 Å². The zero-order valence-electron chi connectivity index (χ0n) is 20.5. The molecule has 1 saturated carbocycles. The fraction of sp³-hybridized carbons (Fsp3) is 0.552. The van der Waals surface area contributed by atoms with E-state index in [0.29, 0.717) is 12.4 Å². The summed E-state index contributed by atoms with van der Waals surface area (Å²) >= 11 is 0. The van der Waals surface area contributed by atoms with Gasteiger partial charge in [-0.05, 0) is 57.4 Å². The van der Waals surface area contributed by atoms with Crippen molar-refractivity contribution in [3.8, 4) is 5.75 Å². The Hall–Kier alpha value is -2.33. The number of benzene rings is 2. The Labute approximate surface area is 199 Å². The molecule has 1 aliphatic heterocycles. The zero-order valence-corrected chi connectivity index (χ0v) is 20.5. The van der Waals surface area contributed by atoms with Gasteiger partial charge in [0, 0.05) is 32.1 Å². The molecule has 4 heteroatoms. The van der Waals surface area contributed by atoms with Crippen LogP contribution in [0.5, 0.6) is 5.75 Å². The SMILES string of the molecule is CCOc1ccccc1N1CCN(CCC(C)(C(=O)C2CCCCC2)c2ccccc2)CC1. The van der Waals surface area contributed by atoms with E-state index in [4.69, 9.17) is 4.74 Å². The van der Waals surface area contributed by atoms with Gasteiger partial charge in [-0.3, -0.25) is 9.69 Å². The molecule has 0 aromatic heterocycles. The van der Waals surface area contributed by atoms with Gasteiger partial charge in [0.25, 0.3) is 0 Å². The molecule has 2 aromatic carbocycles. The lowest BCUT2D eigenvalue weighted by atomic mass is 9.69. The van der Waals surface area contributed by atoms with E-state index in [9.17, 15) is 4.79 Å². The highest BCUT2D eigenvalue weighted by Crippen LogP contribution is 2.37. The Morgan fingerprint density at radius 2 is 1.61 bits per heavy atom. The summed E-state index contributed by atoms with van der Waals surface area (Å²) < 4.78 is 5.85. The number of hydrogen-bond acceptors (Lipinski definition) is 4. The number of Topliss-reactive ketones (excluding diaryl/α,β-unsaturated/α-hetero) is 1. The quantitative estimate of drug-likeness (QED) is 0.492. The van der Waals surface area contributed by atoms with Crippen LogP contribution in [0.4, 0.5) is 5.69 Å². The Bertz CT molecular complexity index is 886. The van der Waals surface area contributed by atoms with E-state index in [1.54, 1.807) is 0 Å². The van der Waals surface area contributed by atoms with E-state index in [-0.39, 0.29) is 5.92 Å². The Balaban J connectivity index is 1.40. The highest BCUT2D eigenvalue weighted by atomic mass is 16.5. The average Bonchev–Trinajstić information content (AvgIpc) is 2.89. The molecule has 0 N–H and O–H groups in total. The molecule has 1 aliphatic carbocycles. The molecule has 178 valence electrons. The summed E-state index contributed by atoms with van der Waals surface area (Å²) in [6.07, 6.45) is 6.71. The van der Waals surface area contributed by atoms with Gasteiger partial charge in [-0.1, -0.05) is 61.7 Å². The largest absolute Gasteiger partial charge is 0.492 e. The first-order valence-electron chi connectivity index (χ1n) is 12.9. The van der Waals surface area contributed by atoms with Gasteiger partial charge in [-0.2, -0.15) is 0 Å². The maximum Gasteiger partial charge on any atom is 0.146 e. The molecule has 4 nitrogen and oxygen atoms in total. The summed E-state index contributed by atoms with van der Waals surface area (Å²) in [5, 5.41) is 0. The molecular formula is C29H40N2O2. The van der Waals surface area contributed by atoms with Crippen molar-refractivity contribution in [1.82, 2.24) is 4.90 Å². The van der Waals surface area contributed by atoms with Gasteiger partial charge in [0.05, 0.1) is 17.7 Å². The molecule has 1 unspecified atom stereocenters. The van der Waals surface area contributed by atoms with Crippen molar-refractivity contribution >= 4 is 11.5 Å². The van der Waals surface area contributed by atoms with Gasteiger partial charge in [-0.25, -0.2) is 0 Å². The third-order valence-electron chi connectivity index (χ3n) is 7.74. The predicted molar refractivity (Wildman–Crippen MR) is 136 cm³/mol. The topological polar surface area (TPSA) is 32.8 Å². The summed E-state index contributed by atoms with van der Waals surface area (Å²) in [6, 6.07) is 18.9. The van der Waals surface area contributed by atoms with Crippen molar-refractivity contribution in [3.63, 3.8) is 0 Å². The number of nitrogens with zero attached hydrogens (tertiary/aromatic N) is 2. The van der Waals surface area contributed by atoms with Crippen molar-refractivity contribution in [1.29, 1.82) is 0 Å². The third-order valence-corrected chi connectivity index (χ3v) is 7.74. The number of piperazine rings is 1. The van der Waals surface area contributed by atoms with Gasteiger partial charge in [-0.15, -0.1) is 0 Å². The molecule has 1 saturated heterocycles. The molecule has 2 fully saturated rings. The van der Waals surface area contributed by atoms with Crippen molar-refractivity contribution in [2.24, 2.45) is 5.92 Å². The Morgan fingerprint density at radius 1 is 0.939 bits per heavy atom. The van der Waals surface area contributed by atoms with Crippen molar-refractivity contribution in [3.05, 3.63) is 60.2 Å². The smallest absolute Gasteiger partial charge is 0.146 e. The number of hydrogen-bond donors (Lipinski definition) is 0. The summed E-state index contributed by atoms with van der Waals surface area (Å²) in [5.41, 5.74) is 1.98. The molecule has 1 heterocycles. The third kappa shape index (κ3) is 5.60. The fourth-order valence-electron chi connectivity index (χ4n) is 5.62. The van der Waals surface area contributed by atoms with Crippen molar-refractivity contribution in [2.45, 2.75) is 57.8 Å². The number of ether oxygens (including phenoxy) is 1. The number of carbonyl (C=O) groups excluding carboxylic acids is 1. The minimum atomic E-state index is -0.401. The van der Waals surface area contributed by atoms with Crippen LogP contribution in [0.15, 0.2) is 54.6 Å². The van der Waals surface area contributed by atoms with Crippen molar-refractivity contribution in [2.75, 3.05) is 44.2 Å². The maximum absolute atomic E-state index is 13.8. The lowest BCUT2D eigenvalue weighted by Crippen LogP contribution is -2.48. The zero-order chi connectivity index (χ0) is 23.1. The first kappa shape index (κ1) is 23.8. The van der Waals surface area contributed by atoms with E-state index in [1.807, 2.05) is 19.1 Å². The summed E-state index contributed by atoms with van der Waals surface area (Å²) in [5.74, 6) is 1.68. The Kier molecular flexibility index (Phi) is 8.08. The van der Waals surface area contributed by atoms with Crippen LogP contribution in [-0.2, 0) is 10.2 Å². The van der Waals surface area contributed by atoms with Crippen LogP contribution in [-0.4, -0.2) is 50.0 Å². The first-order chi connectivity index (χ1) is 16.1. The monoisotopic (exact) mass is 448 g/mol. The second-order valence-corrected chi connectivity index (χ2v) is 9.88. The number of carbonyl (C=O) groups is 1. The molecule has 0 bridgehead atoms. The van der Waals surface area contributed by atoms with E-state index >= 15 is 0 Å². The molecule has 33 heavy (non-hydrogen) atoms. The lowest BCUT2D eigenvalue weighted by Gasteiger charge is -2.39. The highest BCUT2D eigenvalue weighted by molar-refractivity contribution is 5.91. The number of para-hydroxylation sites is 2. The van der Waals surface area contributed by atoms with Gasteiger partial charge >= 0.3 is 0 Å². The van der Waals surface area contributed by atoms with Crippen LogP contribution >= 0.6 is 0 Å². The van der Waals surface area contributed by atoms with Crippen LogP contribution in [0.25, 0.3) is 0 Å². The lowest BCUT2D eigenvalue weighted by molar-refractivity contribution is -0.129. The van der Waals surface area contributed by atoms with Crippen LogP contribution in [0.1, 0.15) is 57.9 Å². The standard InChI is InChI=1S/C29H40N2O2/c1-3-33-27-17-11-10-16-26(27)31-22-20-30(21-23-31)19-18-29(2,25-14-8-5-9-15-25)28(32)24-12-6-4-7-13-24/h5,8-11,14-17,24H,3-4,6-7,12-13,18-23H2,1-2H3. The molecule has 2 aromatic rings.